The number of nitriles is 1. The molecule has 3 aromatic carbocycles. The lowest BCUT2D eigenvalue weighted by Crippen LogP contribution is -2.49. The number of rotatable bonds is 6. The van der Waals surface area contributed by atoms with Gasteiger partial charge in [0.05, 0.1) is 16.9 Å². The number of nitrogens with zero attached hydrogens (tertiary/aromatic N) is 4. The minimum atomic E-state index is -3.85. The second-order valence-electron chi connectivity index (χ2n) is 10.5. The van der Waals surface area contributed by atoms with Gasteiger partial charge in [-0.25, -0.2) is 13.6 Å². The van der Waals surface area contributed by atoms with Crippen molar-refractivity contribution in [1.82, 2.24) is 4.90 Å². The van der Waals surface area contributed by atoms with Crippen LogP contribution in [0.15, 0.2) is 70.0 Å². The summed E-state index contributed by atoms with van der Waals surface area (Å²) >= 11 is 3.68. The van der Waals surface area contributed by atoms with E-state index in [1.165, 1.54) is 6.07 Å². The number of para-hydroxylation sites is 2. The second-order valence-corrected chi connectivity index (χ2v) is 12.9. The molecule has 0 aliphatic carbocycles. The first-order valence-corrected chi connectivity index (χ1v) is 16.0. The van der Waals surface area contributed by atoms with Crippen LogP contribution in [0.5, 0.6) is 0 Å². The molecule has 0 aromatic heterocycles. The fraction of sp³-hybridized carbons (Fsp3) is 0.333. The number of piperidine rings is 1. The third-order valence-corrected chi connectivity index (χ3v) is 9.46. The summed E-state index contributed by atoms with van der Waals surface area (Å²) in [6.07, 6.45) is 1.82. The topological polar surface area (TPSA) is 123 Å². The molecule has 1 amide bonds. The SMILES string of the molecule is Cc1cc(Br)c(NC2CCN(c3ccccc3C#N)CC2)cc1C(=O)N1CCN(c2ccccc2S(N)(=O)=O)CC1. The number of carbonyl (C=O) groups is 1. The lowest BCUT2D eigenvalue weighted by Gasteiger charge is -2.37. The van der Waals surface area contributed by atoms with Crippen molar-refractivity contribution in [3.05, 3.63) is 81.8 Å². The van der Waals surface area contributed by atoms with Gasteiger partial charge in [-0.3, -0.25) is 4.79 Å². The standard InChI is InChI=1S/C30H33BrN6O3S/c1-21-18-25(31)26(34-23-10-12-35(13-11-23)27-7-3-2-6-22(27)20-32)19-24(21)30(38)37-16-14-36(15-17-37)28-8-4-5-9-29(28)41(33,39)40/h2-9,18-19,23,34H,10-17H2,1H3,(H2,33,39,40). The molecular weight excluding hydrogens is 604 g/mol. The first-order chi connectivity index (χ1) is 19.7. The summed E-state index contributed by atoms with van der Waals surface area (Å²) in [5.74, 6) is -0.0413. The van der Waals surface area contributed by atoms with Gasteiger partial charge in [0, 0.05) is 61.0 Å². The molecular formula is C30H33BrN6O3S. The Bertz CT molecular complexity index is 1590. The van der Waals surface area contributed by atoms with Crippen molar-refractivity contribution in [2.24, 2.45) is 5.14 Å². The number of hydrogen-bond acceptors (Lipinski definition) is 7. The molecule has 5 rings (SSSR count). The van der Waals surface area contributed by atoms with Gasteiger partial charge in [0.25, 0.3) is 5.91 Å². The van der Waals surface area contributed by atoms with Crippen LogP contribution in [-0.4, -0.2) is 64.5 Å². The summed E-state index contributed by atoms with van der Waals surface area (Å²) in [7, 11) is -3.85. The number of carbonyl (C=O) groups excluding carboxylic acids is 1. The van der Waals surface area contributed by atoms with Crippen LogP contribution in [-0.2, 0) is 10.0 Å². The lowest BCUT2D eigenvalue weighted by molar-refractivity contribution is 0.0746. The third-order valence-electron chi connectivity index (χ3n) is 7.84. The molecule has 214 valence electrons. The maximum absolute atomic E-state index is 13.6. The number of anilines is 3. The maximum Gasteiger partial charge on any atom is 0.254 e. The molecule has 0 radical (unpaired) electrons. The lowest BCUT2D eigenvalue weighted by atomic mass is 10.0. The zero-order valence-corrected chi connectivity index (χ0v) is 25.3. The zero-order chi connectivity index (χ0) is 29.1. The highest BCUT2D eigenvalue weighted by molar-refractivity contribution is 9.10. The van der Waals surface area contributed by atoms with E-state index in [0.717, 1.165) is 47.3 Å². The molecule has 2 aliphatic rings. The van der Waals surface area contributed by atoms with Gasteiger partial charge in [-0.05, 0) is 77.7 Å². The van der Waals surface area contributed by atoms with E-state index in [9.17, 15) is 18.5 Å². The van der Waals surface area contributed by atoms with Crippen LogP contribution in [0, 0.1) is 18.3 Å². The maximum atomic E-state index is 13.6. The van der Waals surface area contributed by atoms with Gasteiger partial charge in [0.1, 0.15) is 11.0 Å². The van der Waals surface area contributed by atoms with Crippen LogP contribution in [0.3, 0.4) is 0 Å². The van der Waals surface area contributed by atoms with E-state index < -0.39 is 10.0 Å². The Balaban J connectivity index is 1.24. The minimum Gasteiger partial charge on any atom is -0.381 e. The van der Waals surface area contributed by atoms with E-state index in [1.807, 2.05) is 53.1 Å². The van der Waals surface area contributed by atoms with Crippen LogP contribution < -0.4 is 20.3 Å². The predicted octanol–water partition coefficient (Wildman–Crippen LogP) is 4.32. The Morgan fingerprint density at radius 2 is 1.56 bits per heavy atom. The molecule has 3 aromatic rings. The summed E-state index contributed by atoms with van der Waals surface area (Å²) in [6, 6.07) is 20.8. The number of amides is 1. The Morgan fingerprint density at radius 3 is 2.22 bits per heavy atom. The van der Waals surface area contributed by atoms with Crippen molar-refractivity contribution in [3.8, 4) is 6.07 Å². The number of primary sulfonamides is 1. The number of nitrogens with one attached hydrogen (secondary N) is 1. The smallest absolute Gasteiger partial charge is 0.254 e. The van der Waals surface area contributed by atoms with Crippen molar-refractivity contribution < 1.29 is 13.2 Å². The first-order valence-electron chi connectivity index (χ1n) is 13.6. The second kappa shape index (κ2) is 12.1. The van der Waals surface area contributed by atoms with Gasteiger partial charge in [-0.2, -0.15) is 5.26 Å². The van der Waals surface area contributed by atoms with Gasteiger partial charge >= 0.3 is 0 Å². The van der Waals surface area contributed by atoms with E-state index in [4.69, 9.17) is 5.14 Å². The molecule has 0 atom stereocenters. The molecule has 0 unspecified atom stereocenters. The Hall–Kier alpha value is -3.59. The summed E-state index contributed by atoms with van der Waals surface area (Å²) in [5, 5.41) is 18.5. The van der Waals surface area contributed by atoms with Gasteiger partial charge in [-0.15, -0.1) is 0 Å². The largest absolute Gasteiger partial charge is 0.381 e. The van der Waals surface area contributed by atoms with Crippen molar-refractivity contribution in [3.63, 3.8) is 0 Å². The summed E-state index contributed by atoms with van der Waals surface area (Å²) < 4.78 is 25.0. The fourth-order valence-corrected chi connectivity index (χ4v) is 6.95. The zero-order valence-electron chi connectivity index (χ0n) is 22.9. The van der Waals surface area contributed by atoms with Crippen LogP contribution in [0.1, 0.15) is 34.3 Å². The monoisotopic (exact) mass is 636 g/mol. The highest BCUT2D eigenvalue weighted by Gasteiger charge is 2.27. The normalized spacial score (nSPS) is 16.4. The summed E-state index contributed by atoms with van der Waals surface area (Å²) in [6.45, 7) is 5.57. The molecule has 11 heteroatoms. The fourth-order valence-electron chi connectivity index (χ4n) is 5.62. The van der Waals surface area contributed by atoms with E-state index in [0.29, 0.717) is 43.0 Å². The van der Waals surface area contributed by atoms with Crippen molar-refractivity contribution in [2.45, 2.75) is 30.7 Å². The molecule has 2 aliphatic heterocycles. The Labute approximate surface area is 249 Å². The molecule has 2 saturated heterocycles. The average Bonchev–Trinajstić information content (AvgIpc) is 2.98. The molecule has 0 saturated carbocycles. The number of nitrogens with two attached hydrogens (primary N) is 1. The minimum absolute atomic E-state index is 0.0413. The summed E-state index contributed by atoms with van der Waals surface area (Å²) in [4.78, 5) is 19.8. The number of aryl methyl sites for hydroxylation is 1. The molecule has 0 bridgehead atoms. The van der Waals surface area contributed by atoms with E-state index >= 15 is 0 Å². The number of halogens is 1. The molecule has 41 heavy (non-hydrogen) atoms. The number of sulfonamides is 1. The van der Waals surface area contributed by atoms with Crippen molar-refractivity contribution >= 4 is 48.9 Å². The quantitative estimate of drug-likeness (QED) is 0.413. The molecule has 3 N–H and O–H groups in total. The van der Waals surface area contributed by atoms with Crippen LogP contribution >= 0.6 is 15.9 Å². The van der Waals surface area contributed by atoms with Crippen molar-refractivity contribution in [1.29, 1.82) is 5.26 Å². The highest BCUT2D eigenvalue weighted by atomic mass is 79.9. The van der Waals surface area contributed by atoms with E-state index in [2.05, 4.69) is 32.2 Å². The van der Waals surface area contributed by atoms with Gasteiger partial charge < -0.3 is 20.0 Å². The van der Waals surface area contributed by atoms with Crippen LogP contribution in [0.25, 0.3) is 0 Å². The average molecular weight is 638 g/mol. The third kappa shape index (κ3) is 6.35. The van der Waals surface area contributed by atoms with E-state index in [1.54, 1.807) is 18.2 Å². The molecule has 2 heterocycles. The van der Waals surface area contributed by atoms with Gasteiger partial charge in [0.15, 0.2) is 0 Å². The number of benzene rings is 3. The Morgan fingerprint density at radius 1 is 0.951 bits per heavy atom. The first kappa shape index (κ1) is 28.9. The molecule has 9 nitrogen and oxygen atoms in total. The number of piperazine rings is 1. The molecule has 0 spiro atoms. The van der Waals surface area contributed by atoms with Gasteiger partial charge in [0.2, 0.25) is 10.0 Å². The molecule has 2 fully saturated rings. The Kier molecular flexibility index (Phi) is 8.54. The van der Waals surface area contributed by atoms with Crippen molar-refractivity contribution in [2.75, 3.05) is 54.4 Å². The van der Waals surface area contributed by atoms with Crippen LogP contribution in [0.4, 0.5) is 17.1 Å². The van der Waals surface area contributed by atoms with E-state index in [-0.39, 0.29) is 16.8 Å². The van der Waals surface area contributed by atoms with Crippen LogP contribution in [0.2, 0.25) is 0 Å². The predicted molar refractivity (Wildman–Crippen MR) is 165 cm³/mol. The van der Waals surface area contributed by atoms with Gasteiger partial charge in [-0.1, -0.05) is 24.3 Å². The summed E-state index contributed by atoms with van der Waals surface area (Å²) in [5.41, 5.74) is 4.65. The number of hydrogen-bond donors (Lipinski definition) is 2. The highest BCUT2D eigenvalue weighted by Crippen LogP contribution is 2.31.